The maximum absolute atomic E-state index is 11.6. The smallest absolute Gasteiger partial charge is 0.313 e. The average molecular weight is 233 g/mol. The van der Waals surface area contributed by atoms with E-state index >= 15 is 0 Å². The van der Waals surface area contributed by atoms with E-state index in [0.29, 0.717) is 6.54 Å². The van der Waals surface area contributed by atoms with E-state index in [0.717, 1.165) is 24.9 Å². The molecule has 0 aromatic heterocycles. The highest BCUT2D eigenvalue weighted by molar-refractivity contribution is 5.80. The Bertz CT molecular complexity index is 393. The minimum atomic E-state index is -0.266. The van der Waals surface area contributed by atoms with E-state index in [1.807, 2.05) is 0 Å². The van der Waals surface area contributed by atoms with Crippen molar-refractivity contribution in [3.8, 4) is 0 Å². The quantitative estimate of drug-likeness (QED) is 0.794. The summed E-state index contributed by atoms with van der Waals surface area (Å²) < 4.78 is 4.82. The first kappa shape index (κ1) is 12.0. The van der Waals surface area contributed by atoms with E-state index < -0.39 is 0 Å². The van der Waals surface area contributed by atoms with Gasteiger partial charge in [0.2, 0.25) is 0 Å². The maximum atomic E-state index is 11.6. The number of aryl methyl sites for hydroxylation is 1. The van der Waals surface area contributed by atoms with Crippen molar-refractivity contribution in [3.05, 3.63) is 29.8 Å². The number of esters is 1. The van der Waals surface area contributed by atoms with Crippen LogP contribution in [0.4, 0.5) is 5.69 Å². The zero-order chi connectivity index (χ0) is 12.3. The summed E-state index contributed by atoms with van der Waals surface area (Å²) in [7, 11) is 1.46. The molecular formula is C14H19NO2. The lowest BCUT2D eigenvalue weighted by atomic mass is 10.1. The summed E-state index contributed by atoms with van der Waals surface area (Å²) in [4.78, 5) is 11.6. The van der Waals surface area contributed by atoms with E-state index in [1.165, 1.54) is 12.7 Å². The predicted molar refractivity (Wildman–Crippen MR) is 68.0 cm³/mol. The lowest BCUT2D eigenvalue weighted by Gasteiger charge is -2.14. The Morgan fingerprint density at radius 3 is 2.47 bits per heavy atom. The van der Waals surface area contributed by atoms with Crippen LogP contribution < -0.4 is 5.32 Å². The van der Waals surface area contributed by atoms with Gasteiger partial charge >= 0.3 is 5.97 Å². The minimum Gasteiger partial charge on any atom is -0.469 e. The monoisotopic (exact) mass is 233 g/mol. The highest BCUT2D eigenvalue weighted by Crippen LogP contribution is 2.46. The van der Waals surface area contributed by atoms with Gasteiger partial charge in [0.25, 0.3) is 0 Å². The minimum absolute atomic E-state index is 0.0878. The number of carbonyl (C=O) groups excluding carboxylic acids is 1. The Labute approximate surface area is 102 Å². The van der Waals surface area contributed by atoms with Crippen molar-refractivity contribution >= 4 is 11.7 Å². The van der Waals surface area contributed by atoms with Gasteiger partial charge in [0.15, 0.2) is 0 Å². The fourth-order valence-electron chi connectivity index (χ4n) is 1.95. The van der Waals surface area contributed by atoms with Gasteiger partial charge in [-0.3, -0.25) is 4.79 Å². The predicted octanol–water partition coefficient (Wildman–Crippen LogP) is 2.61. The van der Waals surface area contributed by atoms with Crippen molar-refractivity contribution in [2.24, 2.45) is 5.41 Å². The van der Waals surface area contributed by atoms with Crippen molar-refractivity contribution in [1.29, 1.82) is 0 Å². The number of methoxy groups -OCH3 is 1. The summed E-state index contributed by atoms with van der Waals surface area (Å²) in [6.07, 6.45) is 2.91. The lowest BCUT2D eigenvalue weighted by molar-refractivity contribution is -0.146. The molecule has 0 spiro atoms. The van der Waals surface area contributed by atoms with Gasteiger partial charge in [-0.1, -0.05) is 19.1 Å². The number of hydrogen-bond donors (Lipinski definition) is 1. The molecule has 1 aliphatic carbocycles. The summed E-state index contributed by atoms with van der Waals surface area (Å²) in [5.41, 5.74) is 2.13. The van der Waals surface area contributed by atoms with Gasteiger partial charge in [-0.15, -0.1) is 0 Å². The fraction of sp³-hybridized carbons (Fsp3) is 0.500. The van der Waals surface area contributed by atoms with E-state index in [-0.39, 0.29) is 11.4 Å². The third-order valence-corrected chi connectivity index (χ3v) is 3.47. The van der Waals surface area contributed by atoms with Gasteiger partial charge < -0.3 is 10.1 Å². The highest BCUT2D eigenvalue weighted by Gasteiger charge is 2.50. The van der Waals surface area contributed by atoms with Crippen LogP contribution in [0.2, 0.25) is 0 Å². The molecule has 1 saturated carbocycles. The van der Waals surface area contributed by atoms with Gasteiger partial charge in [0.05, 0.1) is 12.5 Å². The van der Waals surface area contributed by atoms with Crippen LogP contribution in [0.25, 0.3) is 0 Å². The number of nitrogens with one attached hydrogen (secondary N) is 1. The van der Waals surface area contributed by atoms with Crippen molar-refractivity contribution in [2.75, 3.05) is 19.0 Å². The topological polar surface area (TPSA) is 38.3 Å². The van der Waals surface area contributed by atoms with E-state index in [1.54, 1.807) is 0 Å². The highest BCUT2D eigenvalue weighted by atomic mass is 16.5. The number of ether oxygens (including phenoxy) is 1. The Morgan fingerprint density at radius 2 is 2.00 bits per heavy atom. The Hall–Kier alpha value is -1.51. The molecule has 92 valence electrons. The van der Waals surface area contributed by atoms with Crippen molar-refractivity contribution in [1.82, 2.24) is 0 Å². The first-order chi connectivity index (χ1) is 8.20. The number of anilines is 1. The molecule has 0 amide bonds. The Kier molecular flexibility index (Phi) is 3.36. The molecule has 1 aliphatic rings. The van der Waals surface area contributed by atoms with Crippen molar-refractivity contribution < 1.29 is 9.53 Å². The molecule has 3 heteroatoms. The second-order valence-electron chi connectivity index (χ2n) is 4.68. The van der Waals surface area contributed by atoms with Crippen molar-refractivity contribution in [3.63, 3.8) is 0 Å². The summed E-state index contributed by atoms with van der Waals surface area (Å²) in [6.45, 7) is 2.81. The van der Waals surface area contributed by atoms with Crippen LogP contribution in [-0.4, -0.2) is 19.6 Å². The van der Waals surface area contributed by atoms with Crippen LogP contribution in [0.1, 0.15) is 25.3 Å². The molecule has 0 aliphatic heterocycles. The van der Waals surface area contributed by atoms with Gasteiger partial charge in [-0.05, 0) is 37.0 Å². The number of hydrogen-bond acceptors (Lipinski definition) is 3. The summed E-state index contributed by atoms with van der Waals surface area (Å²) in [6, 6.07) is 8.35. The molecule has 1 aromatic carbocycles. The molecule has 0 atom stereocenters. The summed E-state index contributed by atoms with van der Waals surface area (Å²) in [5.74, 6) is -0.0878. The first-order valence-electron chi connectivity index (χ1n) is 6.11. The summed E-state index contributed by atoms with van der Waals surface area (Å²) in [5, 5.41) is 3.31. The molecule has 2 rings (SSSR count). The van der Waals surface area contributed by atoms with Crippen LogP contribution in [0.3, 0.4) is 0 Å². The second kappa shape index (κ2) is 4.78. The third kappa shape index (κ3) is 2.60. The van der Waals surface area contributed by atoms with Gasteiger partial charge in [0.1, 0.15) is 0 Å². The first-order valence-corrected chi connectivity index (χ1v) is 6.11. The van der Waals surface area contributed by atoms with Crippen molar-refractivity contribution in [2.45, 2.75) is 26.2 Å². The molecule has 0 heterocycles. The van der Waals surface area contributed by atoms with E-state index in [4.69, 9.17) is 4.74 Å². The van der Waals surface area contributed by atoms with Crippen LogP contribution >= 0.6 is 0 Å². The number of benzene rings is 1. The maximum Gasteiger partial charge on any atom is 0.313 e. The Balaban J connectivity index is 1.91. The van der Waals surface area contributed by atoms with Crippen LogP contribution in [0.5, 0.6) is 0 Å². The van der Waals surface area contributed by atoms with Gasteiger partial charge in [0, 0.05) is 12.2 Å². The molecule has 1 aromatic rings. The summed E-state index contributed by atoms with van der Waals surface area (Å²) >= 11 is 0. The third-order valence-electron chi connectivity index (χ3n) is 3.47. The van der Waals surface area contributed by atoms with Crippen LogP contribution in [0, 0.1) is 5.41 Å². The standard InChI is InChI=1S/C14H19NO2/c1-3-11-4-6-12(7-5-11)15-10-14(8-9-14)13(16)17-2/h4-7,15H,3,8-10H2,1-2H3. The molecule has 3 nitrogen and oxygen atoms in total. The molecule has 17 heavy (non-hydrogen) atoms. The number of carbonyl (C=O) groups is 1. The SMILES string of the molecule is CCc1ccc(NCC2(C(=O)OC)CC2)cc1. The number of rotatable bonds is 5. The molecular weight excluding hydrogens is 214 g/mol. The molecule has 1 fully saturated rings. The molecule has 0 unspecified atom stereocenters. The Morgan fingerprint density at radius 1 is 1.35 bits per heavy atom. The normalized spacial score (nSPS) is 16.4. The molecule has 1 N–H and O–H groups in total. The second-order valence-corrected chi connectivity index (χ2v) is 4.68. The zero-order valence-corrected chi connectivity index (χ0v) is 10.5. The molecule has 0 bridgehead atoms. The van der Waals surface area contributed by atoms with Crippen LogP contribution in [0.15, 0.2) is 24.3 Å². The largest absolute Gasteiger partial charge is 0.469 e. The molecule has 0 saturated heterocycles. The van der Waals surface area contributed by atoms with E-state index in [2.05, 4.69) is 36.5 Å². The lowest BCUT2D eigenvalue weighted by Crippen LogP contribution is -2.25. The zero-order valence-electron chi connectivity index (χ0n) is 10.5. The average Bonchev–Trinajstić information content (AvgIpc) is 3.17. The van der Waals surface area contributed by atoms with Gasteiger partial charge in [-0.25, -0.2) is 0 Å². The fourth-order valence-corrected chi connectivity index (χ4v) is 1.95. The van der Waals surface area contributed by atoms with E-state index in [9.17, 15) is 4.79 Å². The van der Waals surface area contributed by atoms with Crippen LogP contribution in [-0.2, 0) is 16.0 Å². The van der Waals surface area contributed by atoms with Gasteiger partial charge in [-0.2, -0.15) is 0 Å². The molecule has 0 radical (unpaired) electrons.